The van der Waals surface area contributed by atoms with Crippen molar-refractivity contribution in [2.45, 2.75) is 0 Å². The van der Waals surface area contributed by atoms with Crippen molar-refractivity contribution in [3.63, 3.8) is 0 Å². The van der Waals surface area contributed by atoms with Gasteiger partial charge in [-0.1, -0.05) is 0 Å². The molecule has 0 aromatic carbocycles. The van der Waals surface area contributed by atoms with Crippen LogP contribution in [0.1, 0.15) is 0 Å². The average molecular weight is 145 g/mol. The van der Waals surface area contributed by atoms with E-state index in [0.29, 0.717) is 0 Å². The fraction of sp³-hybridized carbons (Fsp3) is 0. The molecule has 6 heavy (non-hydrogen) atoms. The molecular formula is AlBCoO3+2. The maximum absolute atomic E-state index is 8.42. The van der Waals surface area contributed by atoms with E-state index in [1.807, 2.05) is 0 Å². The summed E-state index contributed by atoms with van der Waals surface area (Å²) >= 11 is 0. The minimum Gasteiger partial charge on any atom is -0.907 e. The van der Waals surface area contributed by atoms with Crippen LogP contribution in [-0.2, 0) is 16.8 Å². The Balaban J connectivity index is -0.0000000450. The Morgan fingerprint density at radius 1 is 1.00 bits per heavy atom. The monoisotopic (exact) mass is 145 g/mol. The van der Waals surface area contributed by atoms with Crippen LogP contribution in [0.2, 0.25) is 0 Å². The zero-order valence-electron chi connectivity index (χ0n) is 2.71. The molecule has 6 heteroatoms. The molecule has 0 aliphatic rings. The molecule has 0 bridgehead atoms. The summed E-state index contributed by atoms with van der Waals surface area (Å²) in [6.07, 6.45) is 0. The molecule has 0 fully saturated rings. The van der Waals surface area contributed by atoms with E-state index in [9.17, 15) is 0 Å². The molecule has 0 atom stereocenters. The first-order chi connectivity index (χ1) is 1.73. The van der Waals surface area contributed by atoms with Crippen molar-refractivity contribution in [3.05, 3.63) is 0 Å². The quantitative estimate of drug-likeness (QED) is 0.323. The Kier molecular flexibility index (Phi) is 24.6. The van der Waals surface area contributed by atoms with Gasteiger partial charge in [-0.05, 0) is 0 Å². The van der Waals surface area contributed by atoms with Crippen molar-refractivity contribution in [3.8, 4) is 0 Å². The van der Waals surface area contributed by atoms with E-state index in [2.05, 4.69) is 0 Å². The predicted molar refractivity (Wildman–Crippen MR) is 11.5 cm³/mol. The van der Waals surface area contributed by atoms with Crippen LogP contribution in [0, 0.1) is 0 Å². The summed E-state index contributed by atoms with van der Waals surface area (Å²) in [4.78, 5) is 0. The second kappa shape index (κ2) is 9.36. The van der Waals surface area contributed by atoms with Crippen molar-refractivity contribution in [1.29, 1.82) is 0 Å². The van der Waals surface area contributed by atoms with E-state index in [1.54, 1.807) is 0 Å². The minimum absolute atomic E-state index is 0. The third kappa shape index (κ3) is 81.7. The third-order valence-electron chi connectivity index (χ3n) is 0. The van der Waals surface area contributed by atoms with Crippen molar-refractivity contribution in [2.75, 3.05) is 0 Å². The van der Waals surface area contributed by atoms with Gasteiger partial charge in [-0.25, -0.2) is 0 Å². The molecule has 0 aliphatic heterocycles. The normalized spacial score (nSPS) is 4.50. The predicted octanol–water partition coefficient (Wildman–Crippen LogP) is -4.33. The number of hydrogen-bond acceptors (Lipinski definition) is 3. The van der Waals surface area contributed by atoms with Crippen LogP contribution in [0.5, 0.6) is 0 Å². The van der Waals surface area contributed by atoms with Gasteiger partial charge < -0.3 is 15.1 Å². The standard InChI is InChI=1S/Al.BO3.Co/c;2-1(3)4;/q+3;-3;+2. The summed E-state index contributed by atoms with van der Waals surface area (Å²) in [6.45, 7) is 0. The van der Waals surface area contributed by atoms with Crippen molar-refractivity contribution in [1.82, 2.24) is 0 Å². The van der Waals surface area contributed by atoms with E-state index in [0.717, 1.165) is 0 Å². The van der Waals surface area contributed by atoms with E-state index in [4.69, 9.17) is 15.1 Å². The molecule has 0 aromatic heterocycles. The molecule has 0 amide bonds. The SMILES string of the molecule is [Al+3].[Co+2].[O-]B([O-])[O-]. The Bertz CT molecular complexity index is 15.5. The van der Waals surface area contributed by atoms with Crippen molar-refractivity contribution >= 4 is 24.7 Å². The fourth-order valence-corrected chi connectivity index (χ4v) is 0. The fourth-order valence-electron chi connectivity index (χ4n) is 0. The van der Waals surface area contributed by atoms with Gasteiger partial charge >= 0.3 is 34.1 Å². The Morgan fingerprint density at radius 3 is 1.00 bits per heavy atom. The Morgan fingerprint density at radius 2 is 1.00 bits per heavy atom. The summed E-state index contributed by atoms with van der Waals surface area (Å²) in [5.41, 5.74) is 0. The number of hydrogen-bond donors (Lipinski definition) is 0. The van der Waals surface area contributed by atoms with E-state index in [-0.39, 0.29) is 34.1 Å². The third-order valence-corrected chi connectivity index (χ3v) is 0. The molecule has 31 valence electrons. The van der Waals surface area contributed by atoms with Gasteiger partial charge in [0.2, 0.25) is 0 Å². The second-order valence-electron chi connectivity index (χ2n) is 0.289. The van der Waals surface area contributed by atoms with Gasteiger partial charge in [0.25, 0.3) is 0 Å². The van der Waals surface area contributed by atoms with Gasteiger partial charge in [-0.2, -0.15) is 0 Å². The molecule has 0 rings (SSSR count). The maximum atomic E-state index is 8.42. The summed E-state index contributed by atoms with van der Waals surface area (Å²) in [5, 5.41) is 25.2. The zero-order valence-corrected chi connectivity index (χ0v) is 4.91. The summed E-state index contributed by atoms with van der Waals surface area (Å²) in [5.74, 6) is 0. The second-order valence-corrected chi connectivity index (χ2v) is 0.289. The zero-order chi connectivity index (χ0) is 3.58. The Hall–Kier alpha value is 0.984. The largest absolute Gasteiger partial charge is 3.00 e. The first kappa shape index (κ1) is 15.8. The molecule has 0 heterocycles. The molecule has 0 unspecified atom stereocenters. The topological polar surface area (TPSA) is 69.2 Å². The van der Waals surface area contributed by atoms with Crippen molar-refractivity contribution < 1.29 is 31.9 Å². The van der Waals surface area contributed by atoms with Crippen LogP contribution in [-0.4, -0.2) is 24.7 Å². The van der Waals surface area contributed by atoms with Crippen LogP contribution >= 0.6 is 0 Å². The maximum Gasteiger partial charge on any atom is 3.00 e. The molecule has 3 nitrogen and oxygen atoms in total. The molecule has 1 radical (unpaired) electrons. The number of rotatable bonds is 0. The van der Waals surface area contributed by atoms with E-state index in [1.165, 1.54) is 0 Å². The van der Waals surface area contributed by atoms with Crippen LogP contribution in [0.4, 0.5) is 0 Å². The molecular weight excluding hydrogens is 145 g/mol. The van der Waals surface area contributed by atoms with Crippen LogP contribution in [0.3, 0.4) is 0 Å². The summed E-state index contributed by atoms with van der Waals surface area (Å²) < 4.78 is 0. The van der Waals surface area contributed by atoms with Crippen LogP contribution in [0.15, 0.2) is 0 Å². The molecule has 0 aromatic rings. The van der Waals surface area contributed by atoms with Gasteiger partial charge in [-0.3, -0.25) is 7.32 Å². The van der Waals surface area contributed by atoms with Crippen LogP contribution in [0.25, 0.3) is 0 Å². The van der Waals surface area contributed by atoms with Gasteiger partial charge in [-0.15, -0.1) is 0 Å². The molecule has 0 saturated heterocycles. The van der Waals surface area contributed by atoms with Gasteiger partial charge in [0.05, 0.1) is 0 Å². The molecule has 0 saturated carbocycles. The van der Waals surface area contributed by atoms with Crippen LogP contribution < -0.4 is 15.1 Å². The molecule has 0 spiro atoms. The van der Waals surface area contributed by atoms with Gasteiger partial charge in [0.15, 0.2) is 0 Å². The minimum atomic E-state index is -2.92. The first-order valence-electron chi connectivity index (χ1n) is 0.707. The Labute approximate surface area is 56.9 Å². The average Bonchev–Trinajstić information content (AvgIpc) is 0.811. The van der Waals surface area contributed by atoms with E-state index >= 15 is 0 Å². The smallest absolute Gasteiger partial charge is 0.907 e. The van der Waals surface area contributed by atoms with Gasteiger partial charge in [0.1, 0.15) is 0 Å². The molecule has 0 aliphatic carbocycles. The molecule has 0 N–H and O–H groups in total. The first-order valence-corrected chi connectivity index (χ1v) is 0.707. The van der Waals surface area contributed by atoms with E-state index < -0.39 is 7.32 Å². The summed E-state index contributed by atoms with van der Waals surface area (Å²) in [6, 6.07) is 0. The van der Waals surface area contributed by atoms with Crippen molar-refractivity contribution in [2.24, 2.45) is 0 Å². The summed E-state index contributed by atoms with van der Waals surface area (Å²) in [7, 11) is -2.92. The van der Waals surface area contributed by atoms with Gasteiger partial charge in [0, 0.05) is 0 Å².